The lowest BCUT2D eigenvalue weighted by molar-refractivity contribution is -0.142. The predicted octanol–water partition coefficient (Wildman–Crippen LogP) is 0.137. The zero-order valence-electron chi connectivity index (χ0n) is 11.9. The van der Waals surface area contributed by atoms with E-state index < -0.39 is 22.1 Å². The highest BCUT2D eigenvalue weighted by molar-refractivity contribution is 7.86. The Balaban J connectivity index is 2.05. The van der Waals surface area contributed by atoms with Crippen LogP contribution in [0.25, 0.3) is 0 Å². The van der Waals surface area contributed by atoms with Crippen molar-refractivity contribution in [1.29, 1.82) is 0 Å². The van der Waals surface area contributed by atoms with Gasteiger partial charge in [-0.1, -0.05) is 0 Å². The smallest absolute Gasteiger partial charge is 0.306 e. The molecule has 2 saturated heterocycles. The summed E-state index contributed by atoms with van der Waals surface area (Å²) in [5, 5.41) is 8.96. The number of hydrogen-bond acceptors (Lipinski definition) is 4. The largest absolute Gasteiger partial charge is 0.481 e. The molecular weight excluding hydrogens is 284 g/mol. The zero-order valence-corrected chi connectivity index (χ0v) is 12.7. The van der Waals surface area contributed by atoms with Gasteiger partial charge in [0.2, 0.25) is 0 Å². The van der Waals surface area contributed by atoms with Crippen LogP contribution in [0.2, 0.25) is 0 Å². The van der Waals surface area contributed by atoms with Crippen LogP contribution in [0, 0.1) is 5.92 Å². The number of carboxylic acids is 1. The van der Waals surface area contributed by atoms with Crippen LogP contribution in [0.5, 0.6) is 0 Å². The van der Waals surface area contributed by atoms with Crippen LogP contribution in [0.3, 0.4) is 0 Å². The summed E-state index contributed by atoms with van der Waals surface area (Å²) in [5.74, 6) is -1.27. The molecule has 2 unspecified atom stereocenters. The molecule has 7 nitrogen and oxygen atoms in total. The molecule has 2 heterocycles. The summed E-state index contributed by atoms with van der Waals surface area (Å²) < 4.78 is 33.6. The van der Waals surface area contributed by atoms with Crippen LogP contribution in [-0.2, 0) is 19.7 Å². The van der Waals surface area contributed by atoms with E-state index in [1.165, 1.54) is 8.61 Å². The van der Waals surface area contributed by atoms with E-state index in [0.717, 1.165) is 0 Å². The number of hydrogen-bond donors (Lipinski definition) is 1. The lowest BCUT2D eigenvalue weighted by atomic mass is 9.99. The molecule has 2 fully saturated rings. The summed E-state index contributed by atoms with van der Waals surface area (Å²) >= 11 is 0. The molecule has 2 rings (SSSR count). The van der Waals surface area contributed by atoms with E-state index in [4.69, 9.17) is 9.84 Å². The van der Waals surface area contributed by atoms with Gasteiger partial charge in [0.1, 0.15) is 0 Å². The van der Waals surface area contributed by atoms with Gasteiger partial charge in [-0.2, -0.15) is 17.0 Å². The topological polar surface area (TPSA) is 87.2 Å². The summed E-state index contributed by atoms with van der Waals surface area (Å²) in [6.07, 6.45) is 0.642. The zero-order chi connectivity index (χ0) is 14.9. The van der Waals surface area contributed by atoms with E-state index in [0.29, 0.717) is 26.0 Å². The molecule has 0 amide bonds. The Bertz CT molecular complexity index is 458. The number of nitrogens with zero attached hydrogens (tertiary/aromatic N) is 2. The van der Waals surface area contributed by atoms with Gasteiger partial charge >= 0.3 is 5.97 Å². The molecule has 2 aliphatic heterocycles. The van der Waals surface area contributed by atoms with Crippen molar-refractivity contribution in [3.63, 3.8) is 0 Å². The van der Waals surface area contributed by atoms with E-state index in [9.17, 15) is 13.2 Å². The maximum Gasteiger partial charge on any atom is 0.306 e. The van der Waals surface area contributed by atoms with Gasteiger partial charge in [0.05, 0.1) is 18.6 Å². The maximum absolute atomic E-state index is 12.6. The van der Waals surface area contributed by atoms with Crippen LogP contribution in [0.1, 0.15) is 26.7 Å². The molecule has 0 aromatic heterocycles. The Morgan fingerprint density at radius 2 is 1.85 bits per heavy atom. The Kier molecular flexibility index (Phi) is 4.68. The fourth-order valence-corrected chi connectivity index (χ4v) is 4.56. The lowest BCUT2D eigenvalue weighted by Gasteiger charge is -2.40. The molecule has 0 aromatic rings. The number of carbonyl (C=O) groups is 1. The molecule has 0 aromatic carbocycles. The SMILES string of the molecule is CC1CN(S(=O)(=O)N2CCC(C(=O)O)CC2)C(C)CO1. The highest BCUT2D eigenvalue weighted by Gasteiger charge is 2.39. The van der Waals surface area contributed by atoms with Crippen molar-refractivity contribution in [1.82, 2.24) is 8.61 Å². The first-order valence-electron chi connectivity index (χ1n) is 6.93. The summed E-state index contributed by atoms with van der Waals surface area (Å²) in [4.78, 5) is 10.9. The van der Waals surface area contributed by atoms with Crippen molar-refractivity contribution in [2.75, 3.05) is 26.2 Å². The minimum atomic E-state index is -3.52. The quantitative estimate of drug-likeness (QED) is 0.801. The first-order valence-corrected chi connectivity index (χ1v) is 8.33. The van der Waals surface area contributed by atoms with E-state index >= 15 is 0 Å². The average molecular weight is 306 g/mol. The van der Waals surface area contributed by atoms with Crippen LogP contribution in [-0.4, -0.2) is 66.5 Å². The van der Waals surface area contributed by atoms with Gasteiger partial charge in [0.15, 0.2) is 0 Å². The maximum atomic E-state index is 12.6. The van der Waals surface area contributed by atoms with Crippen molar-refractivity contribution in [3.8, 4) is 0 Å². The number of carboxylic acid groups (broad SMARTS) is 1. The van der Waals surface area contributed by atoms with E-state index in [1.807, 2.05) is 13.8 Å². The first kappa shape index (κ1) is 15.7. The highest BCUT2D eigenvalue weighted by Crippen LogP contribution is 2.24. The third-order valence-electron chi connectivity index (χ3n) is 3.98. The van der Waals surface area contributed by atoms with Crippen LogP contribution in [0.4, 0.5) is 0 Å². The second kappa shape index (κ2) is 5.97. The number of morpholine rings is 1. The molecule has 116 valence electrons. The van der Waals surface area contributed by atoms with Gasteiger partial charge < -0.3 is 9.84 Å². The van der Waals surface area contributed by atoms with Gasteiger partial charge in [-0.05, 0) is 26.7 Å². The molecule has 8 heteroatoms. The molecule has 2 aliphatic rings. The molecule has 20 heavy (non-hydrogen) atoms. The number of rotatable bonds is 3. The summed E-state index contributed by atoms with van der Waals surface area (Å²) in [6.45, 7) is 4.97. The third kappa shape index (κ3) is 3.13. The van der Waals surface area contributed by atoms with E-state index in [-0.39, 0.29) is 25.2 Å². The van der Waals surface area contributed by atoms with Crippen molar-refractivity contribution >= 4 is 16.2 Å². The molecule has 0 saturated carbocycles. The first-order chi connectivity index (χ1) is 9.32. The normalized spacial score (nSPS) is 31.3. The third-order valence-corrected chi connectivity index (χ3v) is 6.10. The van der Waals surface area contributed by atoms with Crippen molar-refractivity contribution in [3.05, 3.63) is 0 Å². The second-order valence-electron chi connectivity index (χ2n) is 5.58. The Morgan fingerprint density at radius 1 is 1.25 bits per heavy atom. The average Bonchev–Trinajstić information content (AvgIpc) is 2.41. The number of aliphatic carboxylic acids is 1. The van der Waals surface area contributed by atoms with Crippen molar-refractivity contribution in [2.45, 2.75) is 38.8 Å². The molecule has 2 atom stereocenters. The fourth-order valence-electron chi connectivity index (χ4n) is 2.68. The fraction of sp³-hybridized carbons (Fsp3) is 0.917. The van der Waals surface area contributed by atoms with E-state index in [1.54, 1.807) is 0 Å². The van der Waals surface area contributed by atoms with Gasteiger partial charge in [-0.15, -0.1) is 0 Å². The second-order valence-corrected chi connectivity index (χ2v) is 7.46. The minimum absolute atomic E-state index is 0.113. The lowest BCUT2D eigenvalue weighted by Crippen LogP contribution is -2.56. The van der Waals surface area contributed by atoms with Gasteiger partial charge in [0, 0.05) is 25.7 Å². The number of ether oxygens (including phenoxy) is 1. The van der Waals surface area contributed by atoms with Gasteiger partial charge in [0.25, 0.3) is 10.2 Å². The molecule has 0 bridgehead atoms. The molecule has 0 spiro atoms. The monoisotopic (exact) mass is 306 g/mol. The van der Waals surface area contributed by atoms with Gasteiger partial charge in [-0.3, -0.25) is 4.79 Å². The molecule has 0 aliphatic carbocycles. The van der Waals surface area contributed by atoms with Crippen LogP contribution >= 0.6 is 0 Å². The van der Waals surface area contributed by atoms with Crippen molar-refractivity contribution in [2.24, 2.45) is 5.92 Å². The highest BCUT2D eigenvalue weighted by atomic mass is 32.2. The van der Waals surface area contributed by atoms with Gasteiger partial charge in [-0.25, -0.2) is 0 Å². The van der Waals surface area contributed by atoms with Crippen LogP contribution < -0.4 is 0 Å². The van der Waals surface area contributed by atoms with Crippen molar-refractivity contribution < 1.29 is 23.1 Å². The summed E-state index contributed by atoms with van der Waals surface area (Å²) in [5.41, 5.74) is 0. The Labute approximate surface area is 119 Å². The molecular formula is C12H22N2O5S. The minimum Gasteiger partial charge on any atom is -0.481 e. The Hall–Kier alpha value is -0.700. The standard InChI is InChI=1S/C12H22N2O5S/c1-9-8-19-10(2)7-14(9)20(17,18)13-5-3-11(4-6-13)12(15)16/h9-11H,3-8H2,1-2H3,(H,15,16). The number of piperidine rings is 1. The Morgan fingerprint density at radius 3 is 2.40 bits per heavy atom. The molecule has 1 N–H and O–H groups in total. The predicted molar refractivity (Wildman–Crippen MR) is 72.4 cm³/mol. The summed E-state index contributed by atoms with van der Waals surface area (Å²) in [7, 11) is -3.52. The summed E-state index contributed by atoms with van der Waals surface area (Å²) in [6, 6.07) is -0.187. The van der Waals surface area contributed by atoms with Crippen LogP contribution in [0.15, 0.2) is 0 Å². The van der Waals surface area contributed by atoms with E-state index in [2.05, 4.69) is 0 Å². The molecule has 0 radical (unpaired) electrons.